The fraction of sp³-hybridized carbons (Fsp3) is 0.522. The van der Waals surface area contributed by atoms with Gasteiger partial charge in [0.2, 0.25) is 5.91 Å². The normalized spacial score (nSPS) is 15.8. The lowest BCUT2D eigenvalue weighted by Crippen LogP contribution is -2.41. The Bertz CT molecular complexity index is 1090. The Labute approximate surface area is 176 Å². The van der Waals surface area contributed by atoms with Gasteiger partial charge in [-0.3, -0.25) is 9.59 Å². The molecule has 3 heterocycles. The van der Waals surface area contributed by atoms with Crippen LogP contribution in [0.25, 0.3) is 21.8 Å². The molecule has 7 heteroatoms. The number of carbonyl (C=O) groups is 1. The van der Waals surface area contributed by atoms with E-state index in [0.717, 1.165) is 54.8 Å². The molecule has 0 radical (unpaired) electrons. The lowest BCUT2D eigenvalue weighted by atomic mass is 9.99. The number of carbonyl (C=O) groups excluding carboxylic acids is 1. The smallest absolute Gasteiger partial charge is 0.291 e. The molecule has 4 rings (SSSR count). The number of hydrogen-bond donors (Lipinski definition) is 1. The molecule has 1 amide bonds. The van der Waals surface area contributed by atoms with Crippen molar-refractivity contribution in [3.05, 3.63) is 40.8 Å². The van der Waals surface area contributed by atoms with Gasteiger partial charge in [-0.1, -0.05) is 32.0 Å². The highest BCUT2D eigenvalue weighted by atomic mass is 16.2. The largest absolute Gasteiger partial charge is 0.353 e. The van der Waals surface area contributed by atoms with Gasteiger partial charge in [0.25, 0.3) is 5.56 Å². The van der Waals surface area contributed by atoms with E-state index in [1.807, 2.05) is 24.3 Å². The summed E-state index contributed by atoms with van der Waals surface area (Å²) in [6.07, 6.45) is 5.08. The minimum atomic E-state index is -0.211. The summed E-state index contributed by atoms with van der Waals surface area (Å²) in [5, 5.41) is 9.11. The molecule has 3 aromatic rings. The average molecular weight is 410 g/mol. The first-order valence-corrected chi connectivity index (χ1v) is 11.0. The summed E-state index contributed by atoms with van der Waals surface area (Å²) in [7, 11) is 0. The molecule has 0 unspecified atom stereocenters. The van der Waals surface area contributed by atoms with Crippen molar-refractivity contribution in [3.63, 3.8) is 0 Å². The number of piperidine rings is 1. The van der Waals surface area contributed by atoms with Crippen molar-refractivity contribution in [2.45, 2.75) is 46.2 Å². The zero-order valence-corrected chi connectivity index (χ0v) is 17.9. The van der Waals surface area contributed by atoms with Gasteiger partial charge in [0.1, 0.15) is 12.1 Å². The molecule has 1 fully saturated rings. The summed E-state index contributed by atoms with van der Waals surface area (Å²) in [6.45, 7) is 8.72. The minimum Gasteiger partial charge on any atom is -0.353 e. The number of hydrogen-bond acceptors (Lipinski definition) is 4. The van der Waals surface area contributed by atoms with Crippen molar-refractivity contribution in [2.24, 2.45) is 5.92 Å². The van der Waals surface area contributed by atoms with Crippen LogP contribution in [0.3, 0.4) is 0 Å². The van der Waals surface area contributed by atoms with Crippen LogP contribution in [0.4, 0.5) is 0 Å². The Morgan fingerprint density at radius 1 is 1.17 bits per heavy atom. The standard InChI is InChI=1S/C23H31N5O2/c1-3-11-27-20-7-5-4-6-18(20)19-15-25-28(23(30)22(19)27)16-21(29)24-10-14-26-12-8-17(2)9-13-26/h4-7,15,17H,3,8-14,16H2,1-2H3,(H,24,29). The molecule has 1 saturated heterocycles. The maximum atomic E-state index is 13.2. The monoisotopic (exact) mass is 409 g/mol. The van der Waals surface area contributed by atoms with E-state index in [2.05, 4.69) is 33.7 Å². The molecular weight excluding hydrogens is 378 g/mol. The molecular formula is C23H31N5O2. The van der Waals surface area contributed by atoms with E-state index in [4.69, 9.17) is 0 Å². The van der Waals surface area contributed by atoms with Crippen molar-refractivity contribution in [2.75, 3.05) is 26.2 Å². The number of amides is 1. The molecule has 0 atom stereocenters. The van der Waals surface area contributed by atoms with Gasteiger partial charge in [-0.2, -0.15) is 5.10 Å². The van der Waals surface area contributed by atoms with Gasteiger partial charge < -0.3 is 14.8 Å². The van der Waals surface area contributed by atoms with Gasteiger partial charge in [-0.15, -0.1) is 0 Å². The lowest BCUT2D eigenvalue weighted by Gasteiger charge is -2.30. The van der Waals surface area contributed by atoms with Crippen LogP contribution in [0, 0.1) is 5.92 Å². The molecule has 1 aromatic carbocycles. The third-order valence-electron chi connectivity index (χ3n) is 6.14. The van der Waals surface area contributed by atoms with Crippen molar-refractivity contribution in [3.8, 4) is 0 Å². The summed E-state index contributed by atoms with van der Waals surface area (Å²) < 4.78 is 3.34. The number of para-hydroxylation sites is 1. The van der Waals surface area contributed by atoms with E-state index < -0.39 is 0 Å². The maximum absolute atomic E-state index is 13.2. The summed E-state index contributed by atoms with van der Waals surface area (Å²) in [5.41, 5.74) is 1.45. The average Bonchev–Trinajstić information content (AvgIpc) is 3.06. The molecule has 2 aromatic heterocycles. The zero-order valence-electron chi connectivity index (χ0n) is 17.9. The first-order chi connectivity index (χ1) is 14.6. The zero-order chi connectivity index (χ0) is 21.1. The number of benzene rings is 1. The van der Waals surface area contributed by atoms with Crippen LogP contribution in [0.5, 0.6) is 0 Å². The van der Waals surface area contributed by atoms with Crippen molar-refractivity contribution >= 4 is 27.7 Å². The molecule has 0 bridgehead atoms. The van der Waals surface area contributed by atoms with E-state index in [0.29, 0.717) is 12.1 Å². The number of nitrogens with zero attached hydrogens (tertiary/aromatic N) is 4. The Morgan fingerprint density at radius 3 is 2.70 bits per heavy atom. The van der Waals surface area contributed by atoms with Gasteiger partial charge in [-0.25, -0.2) is 4.68 Å². The second kappa shape index (κ2) is 9.00. The molecule has 0 aliphatic carbocycles. The van der Waals surface area contributed by atoms with Gasteiger partial charge in [0.05, 0.1) is 6.20 Å². The lowest BCUT2D eigenvalue weighted by molar-refractivity contribution is -0.122. The van der Waals surface area contributed by atoms with E-state index in [1.54, 1.807) is 6.20 Å². The molecule has 1 aliphatic rings. The van der Waals surface area contributed by atoms with Crippen LogP contribution in [0.2, 0.25) is 0 Å². The topological polar surface area (TPSA) is 72.2 Å². The highest BCUT2D eigenvalue weighted by Gasteiger charge is 2.17. The summed E-state index contributed by atoms with van der Waals surface area (Å²) in [6, 6.07) is 8.00. The molecule has 1 N–H and O–H groups in total. The quantitative estimate of drug-likeness (QED) is 0.651. The first-order valence-electron chi connectivity index (χ1n) is 11.0. The highest BCUT2D eigenvalue weighted by molar-refractivity contribution is 6.07. The van der Waals surface area contributed by atoms with Crippen LogP contribution in [0.1, 0.15) is 33.1 Å². The van der Waals surface area contributed by atoms with E-state index in [-0.39, 0.29) is 18.0 Å². The van der Waals surface area contributed by atoms with Crippen LogP contribution in [-0.4, -0.2) is 51.3 Å². The number of rotatable bonds is 7. The Morgan fingerprint density at radius 2 is 1.93 bits per heavy atom. The highest BCUT2D eigenvalue weighted by Crippen LogP contribution is 2.26. The third-order valence-corrected chi connectivity index (χ3v) is 6.14. The van der Waals surface area contributed by atoms with Crippen LogP contribution >= 0.6 is 0 Å². The molecule has 7 nitrogen and oxygen atoms in total. The Hall–Kier alpha value is -2.67. The third kappa shape index (κ3) is 4.12. The number of nitrogens with one attached hydrogen (secondary N) is 1. The fourth-order valence-electron chi connectivity index (χ4n) is 4.39. The van der Waals surface area contributed by atoms with Gasteiger partial charge >= 0.3 is 0 Å². The number of aromatic nitrogens is 3. The second-order valence-electron chi connectivity index (χ2n) is 8.41. The fourth-order valence-corrected chi connectivity index (χ4v) is 4.39. The molecule has 0 spiro atoms. The van der Waals surface area contributed by atoms with Gasteiger partial charge in [-0.05, 0) is 44.3 Å². The number of aryl methyl sites for hydroxylation is 1. The maximum Gasteiger partial charge on any atom is 0.291 e. The SMILES string of the molecule is CCCn1c2ccccc2c2cnn(CC(=O)NCCN3CCC(C)CC3)c(=O)c21. The minimum absolute atomic E-state index is 0.0561. The van der Waals surface area contributed by atoms with E-state index in [1.165, 1.54) is 17.5 Å². The second-order valence-corrected chi connectivity index (χ2v) is 8.41. The van der Waals surface area contributed by atoms with Crippen molar-refractivity contribution in [1.82, 2.24) is 24.6 Å². The van der Waals surface area contributed by atoms with Crippen LogP contribution in [-0.2, 0) is 17.9 Å². The summed E-state index contributed by atoms with van der Waals surface area (Å²) in [4.78, 5) is 28.0. The predicted octanol–water partition coefficient (Wildman–Crippen LogP) is 2.61. The predicted molar refractivity (Wildman–Crippen MR) is 120 cm³/mol. The van der Waals surface area contributed by atoms with Crippen LogP contribution in [0.15, 0.2) is 35.3 Å². The van der Waals surface area contributed by atoms with Crippen molar-refractivity contribution < 1.29 is 4.79 Å². The number of likely N-dealkylation sites (tertiary alicyclic amines) is 1. The van der Waals surface area contributed by atoms with E-state index >= 15 is 0 Å². The Balaban J connectivity index is 1.48. The molecule has 0 saturated carbocycles. The molecule has 160 valence electrons. The van der Waals surface area contributed by atoms with Crippen LogP contribution < -0.4 is 10.9 Å². The molecule has 30 heavy (non-hydrogen) atoms. The first kappa shape index (κ1) is 20.6. The van der Waals surface area contributed by atoms with Gasteiger partial charge in [0, 0.05) is 35.9 Å². The number of fused-ring (bicyclic) bond motifs is 3. The van der Waals surface area contributed by atoms with E-state index in [9.17, 15) is 9.59 Å². The molecule has 1 aliphatic heterocycles. The van der Waals surface area contributed by atoms with Crippen molar-refractivity contribution in [1.29, 1.82) is 0 Å². The summed E-state index contributed by atoms with van der Waals surface area (Å²) in [5.74, 6) is 0.625. The summed E-state index contributed by atoms with van der Waals surface area (Å²) >= 11 is 0. The Kier molecular flexibility index (Phi) is 6.18. The van der Waals surface area contributed by atoms with Gasteiger partial charge in [0.15, 0.2) is 0 Å².